The van der Waals surface area contributed by atoms with Gasteiger partial charge in [-0.3, -0.25) is 18.7 Å². The number of piperidine rings is 1. The number of benzene rings is 1. The highest BCUT2D eigenvalue weighted by Crippen LogP contribution is 2.26. The highest BCUT2D eigenvalue weighted by molar-refractivity contribution is 5.76. The van der Waals surface area contributed by atoms with Crippen molar-refractivity contribution in [3.05, 3.63) is 69.0 Å². The predicted molar refractivity (Wildman–Crippen MR) is 102 cm³/mol. The number of carbonyl (C=O) groups is 1. The van der Waals surface area contributed by atoms with Crippen molar-refractivity contribution in [2.75, 3.05) is 0 Å². The Bertz CT molecular complexity index is 922. The summed E-state index contributed by atoms with van der Waals surface area (Å²) in [5, 5.41) is 6.54. The summed E-state index contributed by atoms with van der Waals surface area (Å²) in [6, 6.07) is 11.9. The first-order chi connectivity index (χ1) is 13.1. The van der Waals surface area contributed by atoms with E-state index in [0.29, 0.717) is 18.6 Å². The van der Waals surface area contributed by atoms with Crippen molar-refractivity contribution in [3.8, 4) is 0 Å². The van der Waals surface area contributed by atoms with Crippen LogP contribution in [0.1, 0.15) is 31.2 Å². The van der Waals surface area contributed by atoms with Gasteiger partial charge in [-0.2, -0.15) is 0 Å². The fourth-order valence-electron chi connectivity index (χ4n) is 4.19. The summed E-state index contributed by atoms with van der Waals surface area (Å²) in [5.41, 5.74) is 0.0381. The maximum Gasteiger partial charge on any atom is 0.331 e. The van der Waals surface area contributed by atoms with Gasteiger partial charge < -0.3 is 10.6 Å². The van der Waals surface area contributed by atoms with Crippen LogP contribution in [0.3, 0.4) is 0 Å². The molecule has 3 heterocycles. The van der Waals surface area contributed by atoms with Crippen molar-refractivity contribution in [1.82, 2.24) is 19.8 Å². The molecule has 2 aliphatic rings. The van der Waals surface area contributed by atoms with E-state index >= 15 is 0 Å². The number of carbonyl (C=O) groups excluding carboxylic acids is 1. The molecular weight excluding hydrogens is 344 g/mol. The minimum Gasteiger partial charge on any atom is -0.352 e. The molecular formula is C20H24N4O3. The van der Waals surface area contributed by atoms with Crippen molar-refractivity contribution in [2.24, 2.45) is 0 Å². The molecule has 4 rings (SSSR count). The molecule has 2 bridgehead atoms. The van der Waals surface area contributed by atoms with Gasteiger partial charge in [-0.15, -0.1) is 0 Å². The van der Waals surface area contributed by atoms with Crippen molar-refractivity contribution >= 4 is 5.91 Å². The van der Waals surface area contributed by atoms with E-state index in [2.05, 4.69) is 10.6 Å². The Morgan fingerprint density at radius 1 is 1.07 bits per heavy atom. The van der Waals surface area contributed by atoms with Gasteiger partial charge in [-0.05, 0) is 31.2 Å². The van der Waals surface area contributed by atoms with Gasteiger partial charge >= 0.3 is 5.69 Å². The predicted octanol–water partition coefficient (Wildman–Crippen LogP) is 0.458. The summed E-state index contributed by atoms with van der Waals surface area (Å²) in [7, 11) is 0. The molecule has 2 unspecified atom stereocenters. The van der Waals surface area contributed by atoms with Gasteiger partial charge in [-0.25, -0.2) is 4.79 Å². The van der Waals surface area contributed by atoms with Gasteiger partial charge in [0.25, 0.3) is 5.56 Å². The molecule has 2 fully saturated rings. The van der Waals surface area contributed by atoms with Crippen LogP contribution in [-0.4, -0.2) is 33.2 Å². The van der Waals surface area contributed by atoms with Crippen LogP contribution >= 0.6 is 0 Å². The van der Waals surface area contributed by atoms with Gasteiger partial charge in [0.05, 0.1) is 6.54 Å². The summed E-state index contributed by atoms with van der Waals surface area (Å²) >= 11 is 0. The van der Waals surface area contributed by atoms with Gasteiger partial charge in [-0.1, -0.05) is 30.3 Å². The van der Waals surface area contributed by atoms with Gasteiger partial charge in [0.1, 0.15) is 6.54 Å². The van der Waals surface area contributed by atoms with Crippen LogP contribution in [0.4, 0.5) is 0 Å². The quantitative estimate of drug-likeness (QED) is 0.803. The molecule has 2 saturated heterocycles. The fourth-order valence-corrected chi connectivity index (χ4v) is 4.19. The number of rotatable bonds is 5. The average molecular weight is 368 g/mol. The average Bonchev–Trinajstić information content (AvgIpc) is 3.00. The number of nitrogens with zero attached hydrogens (tertiary/aromatic N) is 2. The zero-order chi connectivity index (χ0) is 18.8. The number of amides is 1. The van der Waals surface area contributed by atoms with Gasteiger partial charge in [0, 0.05) is 30.4 Å². The number of hydrogen-bond acceptors (Lipinski definition) is 4. The minimum atomic E-state index is -0.466. The van der Waals surface area contributed by atoms with E-state index in [9.17, 15) is 14.4 Å². The lowest BCUT2D eigenvalue weighted by Crippen LogP contribution is -2.50. The molecule has 2 aromatic rings. The Labute approximate surface area is 157 Å². The Morgan fingerprint density at radius 2 is 1.78 bits per heavy atom. The summed E-state index contributed by atoms with van der Waals surface area (Å²) in [5.74, 6) is -0.280. The molecule has 1 aromatic heterocycles. The Hall–Kier alpha value is -2.67. The Balaban J connectivity index is 1.46. The first-order valence-corrected chi connectivity index (χ1v) is 9.48. The Kier molecular flexibility index (Phi) is 4.94. The molecule has 0 aliphatic carbocycles. The van der Waals surface area contributed by atoms with E-state index in [0.717, 1.165) is 35.8 Å². The zero-order valence-corrected chi connectivity index (χ0v) is 15.1. The van der Waals surface area contributed by atoms with Crippen molar-refractivity contribution < 1.29 is 4.79 Å². The van der Waals surface area contributed by atoms with E-state index in [1.165, 1.54) is 16.8 Å². The monoisotopic (exact) mass is 368 g/mol. The molecule has 1 aromatic carbocycles. The van der Waals surface area contributed by atoms with E-state index in [4.69, 9.17) is 0 Å². The van der Waals surface area contributed by atoms with Gasteiger partial charge in [0.2, 0.25) is 5.91 Å². The van der Waals surface area contributed by atoms with Crippen LogP contribution in [0.15, 0.2) is 52.2 Å². The molecule has 0 radical (unpaired) electrons. The number of aromatic nitrogens is 2. The number of fused-ring (bicyclic) bond motifs is 2. The molecule has 0 spiro atoms. The second-order valence-corrected chi connectivity index (χ2v) is 7.51. The highest BCUT2D eigenvalue weighted by Gasteiger charge is 2.34. The third kappa shape index (κ3) is 4.03. The van der Waals surface area contributed by atoms with Crippen LogP contribution in [-0.2, 0) is 17.9 Å². The standard InChI is InChI=1S/C20H24N4O3/c25-18(22-17-10-15-6-7-16(11-17)21-15)13-24-19(26)8-9-23(20(24)27)12-14-4-2-1-3-5-14/h1-5,8-9,15-17,21H,6-7,10-13H2,(H,22,25). The normalized spacial score (nSPS) is 23.9. The summed E-state index contributed by atoms with van der Waals surface area (Å²) in [4.78, 5) is 37.3. The third-order valence-electron chi connectivity index (χ3n) is 5.48. The van der Waals surface area contributed by atoms with Crippen LogP contribution in [0.5, 0.6) is 0 Å². The topological polar surface area (TPSA) is 85.1 Å². The minimum absolute atomic E-state index is 0.113. The number of nitrogens with one attached hydrogen (secondary N) is 2. The van der Waals surface area contributed by atoms with Gasteiger partial charge in [0.15, 0.2) is 0 Å². The molecule has 1 amide bonds. The molecule has 0 saturated carbocycles. The lowest BCUT2D eigenvalue weighted by Gasteiger charge is -2.29. The first-order valence-electron chi connectivity index (χ1n) is 9.48. The van der Waals surface area contributed by atoms with Crippen molar-refractivity contribution in [3.63, 3.8) is 0 Å². The number of hydrogen-bond donors (Lipinski definition) is 2. The summed E-state index contributed by atoms with van der Waals surface area (Å²) in [6.07, 6.45) is 5.60. The van der Waals surface area contributed by atoms with Crippen LogP contribution in [0.25, 0.3) is 0 Å². The zero-order valence-electron chi connectivity index (χ0n) is 15.1. The van der Waals surface area contributed by atoms with E-state index < -0.39 is 11.2 Å². The largest absolute Gasteiger partial charge is 0.352 e. The maximum absolute atomic E-state index is 12.7. The van der Waals surface area contributed by atoms with E-state index in [1.807, 2.05) is 30.3 Å². The molecule has 2 atom stereocenters. The molecule has 7 nitrogen and oxygen atoms in total. The second-order valence-electron chi connectivity index (χ2n) is 7.51. The van der Waals surface area contributed by atoms with Crippen LogP contribution in [0, 0.1) is 0 Å². The summed E-state index contributed by atoms with van der Waals surface area (Å²) in [6.45, 7) is 0.117. The van der Waals surface area contributed by atoms with E-state index in [-0.39, 0.29) is 18.5 Å². The van der Waals surface area contributed by atoms with Crippen LogP contribution < -0.4 is 21.9 Å². The first kappa shape index (κ1) is 17.7. The lowest BCUT2D eigenvalue weighted by molar-refractivity contribution is -0.122. The summed E-state index contributed by atoms with van der Waals surface area (Å²) < 4.78 is 2.46. The maximum atomic E-state index is 12.7. The molecule has 2 N–H and O–H groups in total. The van der Waals surface area contributed by atoms with Crippen molar-refractivity contribution in [2.45, 2.75) is 56.9 Å². The van der Waals surface area contributed by atoms with Crippen LogP contribution in [0.2, 0.25) is 0 Å². The second kappa shape index (κ2) is 7.52. The molecule has 142 valence electrons. The Morgan fingerprint density at radius 3 is 2.48 bits per heavy atom. The molecule has 27 heavy (non-hydrogen) atoms. The van der Waals surface area contributed by atoms with E-state index in [1.54, 1.807) is 0 Å². The lowest BCUT2D eigenvalue weighted by atomic mass is 10.00. The SMILES string of the molecule is O=C(Cn1c(=O)ccn(Cc2ccccc2)c1=O)NC1CC2CCC(C1)N2. The van der Waals surface area contributed by atoms with Crippen molar-refractivity contribution in [1.29, 1.82) is 0 Å². The third-order valence-corrected chi connectivity index (χ3v) is 5.48. The fraction of sp³-hybridized carbons (Fsp3) is 0.450. The highest BCUT2D eigenvalue weighted by atomic mass is 16.2. The smallest absolute Gasteiger partial charge is 0.331 e. The molecule has 2 aliphatic heterocycles. The molecule has 7 heteroatoms.